The van der Waals surface area contributed by atoms with E-state index in [1.807, 2.05) is 32.0 Å². The number of nitrogens with one attached hydrogen (secondary N) is 5. The minimum absolute atomic E-state index is 0.0181. The number of rotatable bonds is 8. The van der Waals surface area contributed by atoms with Crippen LogP contribution in [0.4, 0.5) is 21.8 Å². The third-order valence-electron chi connectivity index (χ3n) is 7.71. The van der Waals surface area contributed by atoms with Gasteiger partial charge >= 0.3 is 0 Å². The van der Waals surface area contributed by atoms with Gasteiger partial charge in [0.2, 0.25) is 5.91 Å². The molecule has 12 heteroatoms. The number of halogens is 1. The van der Waals surface area contributed by atoms with Crippen LogP contribution in [0, 0.1) is 19.3 Å². The molecule has 2 fully saturated rings. The zero-order valence-electron chi connectivity index (χ0n) is 23.0. The molecule has 3 aromatic rings. The van der Waals surface area contributed by atoms with E-state index in [0.717, 1.165) is 72.8 Å². The summed E-state index contributed by atoms with van der Waals surface area (Å²) < 4.78 is 13.2. The monoisotopic (exact) mass is 546 g/mol. The van der Waals surface area contributed by atoms with Crippen LogP contribution in [0.3, 0.4) is 0 Å². The van der Waals surface area contributed by atoms with E-state index in [-0.39, 0.29) is 23.4 Å². The molecule has 1 saturated heterocycles. The maximum atomic E-state index is 13.2. The molecule has 40 heavy (non-hydrogen) atoms. The number of aromatic amines is 1. The maximum absolute atomic E-state index is 13.2. The summed E-state index contributed by atoms with van der Waals surface area (Å²) >= 11 is 0. The van der Waals surface area contributed by atoms with Crippen LogP contribution in [0.1, 0.15) is 67.3 Å². The summed E-state index contributed by atoms with van der Waals surface area (Å²) in [5, 5.41) is 23.4. The predicted molar refractivity (Wildman–Crippen MR) is 151 cm³/mol. The predicted octanol–water partition coefficient (Wildman–Crippen LogP) is 4.42. The molecule has 2 aliphatic rings. The van der Waals surface area contributed by atoms with Gasteiger partial charge in [-0.2, -0.15) is 5.10 Å². The summed E-state index contributed by atoms with van der Waals surface area (Å²) in [6.45, 7) is 7.07. The van der Waals surface area contributed by atoms with Gasteiger partial charge < -0.3 is 21.4 Å². The van der Waals surface area contributed by atoms with Crippen LogP contribution in [0.5, 0.6) is 0 Å². The first-order valence-electron chi connectivity index (χ1n) is 13.5. The molecule has 4 heterocycles. The number of allylic oxidation sites excluding steroid dienone is 1. The van der Waals surface area contributed by atoms with Crippen LogP contribution in [-0.4, -0.2) is 60.8 Å². The van der Waals surface area contributed by atoms with Gasteiger partial charge in [-0.1, -0.05) is 6.07 Å². The molecule has 11 nitrogen and oxygen atoms in total. The number of amides is 1. The van der Waals surface area contributed by atoms with Crippen LogP contribution < -0.4 is 16.0 Å². The van der Waals surface area contributed by atoms with Crippen molar-refractivity contribution in [2.75, 3.05) is 23.7 Å². The van der Waals surface area contributed by atoms with Crippen molar-refractivity contribution < 1.29 is 9.18 Å². The second-order valence-electron chi connectivity index (χ2n) is 10.8. The van der Waals surface area contributed by atoms with Crippen LogP contribution >= 0.6 is 0 Å². The van der Waals surface area contributed by atoms with E-state index in [1.165, 1.54) is 0 Å². The second-order valence-corrected chi connectivity index (χ2v) is 10.8. The summed E-state index contributed by atoms with van der Waals surface area (Å²) in [6.07, 6.45) is 6.91. The average Bonchev–Trinajstić information content (AvgIpc) is 3.35. The Bertz CT molecular complexity index is 1390. The van der Waals surface area contributed by atoms with Gasteiger partial charge in [0.05, 0.1) is 18.3 Å². The van der Waals surface area contributed by atoms with Crippen molar-refractivity contribution in [2.24, 2.45) is 0 Å². The Labute approximate surface area is 232 Å². The number of pyridine rings is 1. The summed E-state index contributed by atoms with van der Waals surface area (Å²) in [4.78, 5) is 29.0. The lowest BCUT2D eigenvalue weighted by atomic mass is 9.74. The van der Waals surface area contributed by atoms with Crippen molar-refractivity contribution in [1.29, 1.82) is 5.41 Å². The van der Waals surface area contributed by atoms with Gasteiger partial charge in [-0.3, -0.25) is 14.8 Å². The number of carbonyl (C=O) groups excluding carboxylic acids is 1. The van der Waals surface area contributed by atoms with Crippen molar-refractivity contribution in [1.82, 2.24) is 35.4 Å². The number of carbonyl (C=O) groups is 1. The molecular weight excluding hydrogens is 511 g/mol. The number of nitrogens with zero attached hydrogens (tertiary/aromatic N) is 5. The van der Waals surface area contributed by atoms with E-state index < -0.39 is 5.83 Å². The minimum Gasteiger partial charge on any atom is -0.348 e. The Hall–Kier alpha value is -4.19. The first-order chi connectivity index (χ1) is 19.2. The maximum Gasteiger partial charge on any atom is 0.234 e. The molecule has 3 aromatic heterocycles. The second kappa shape index (κ2) is 11.5. The fraction of sp³-hybridized carbons (Fsp3) is 0.429. The van der Waals surface area contributed by atoms with Crippen molar-refractivity contribution in [3.63, 3.8) is 0 Å². The van der Waals surface area contributed by atoms with E-state index in [1.54, 1.807) is 12.3 Å². The molecule has 0 radical (unpaired) electrons. The van der Waals surface area contributed by atoms with E-state index in [0.29, 0.717) is 18.6 Å². The third kappa shape index (κ3) is 6.33. The lowest BCUT2D eigenvalue weighted by Gasteiger charge is -2.48. The van der Waals surface area contributed by atoms with Gasteiger partial charge in [0.1, 0.15) is 17.5 Å². The minimum atomic E-state index is -0.686. The summed E-state index contributed by atoms with van der Waals surface area (Å²) in [5.74, 6) is 2.31. The molecule has 1 spiro atoms. The molecule has 1 saturated carbocycles. The number of anilines is 3. The number of hydrogen-bond donors (Lipinski definition) is 5. The number of aromatic nitrogens is 5. The zero-order chi connectivity index (χ0) is 28.3. The molecule has 5 N–H and O–H groups in total. The highest BCUT2D eigenvalue weighted by molar-refractivity contribution is 5.80. The van der Waals surface area contributed by atoms with Gasteiger partial charge in [0, 0.05) is 54.4 Å². The van der Waals surface area contributed by atoms with Crippen LogP contribution in [0.25, 0.3) is 0 Å². The molecule has 5 rings (SSSR count). The lowest BCUT2D eigenvalue weighted by Crippen LogP contribution is -2.64. The number of piperazine rings is 1. The van der Waals surface area contributed by atoms with E-state index in [4.69, 9.17) is 15.4 Å². The van der Waals surface area contributed by atoms with Crippen LogP contribution in [0.15, 0.2) is 42.5 Å². The molecular formula is C28H35FN10O. The van der Waals surface area contributed by atoms with Crippen molar-refractivity contribution >= 4 is 29.6 Å². The van der Waals surface area contributed by atoms with Crippen molar-refractivity contribution in [3.8, 4) is 0 Å². The fourth-order valence-electron chi connectivity index (χ4n) is 5.57. The zero-order valence-corrected chi connectivity index (χ0v) is 23.0. The number of hydrogen-bond acceptors (Lipinski definition) is 9. The molecule has 210 valence electrons. The van der Waals surface area contributed by atoms with E-state index in [9.17, 15) is 9.18 Å². The smallest absolute Gasteiger partial charge is 0.234 e. The van der Waals surface area contributed by atoms with Gasteiger partial charge in [-0.25, -0.2) is 19.3 Å². The molecule has 0 aromatic carbocycles. The van der Waals surface area contributed by atoms with Crippen molar-refractivity contribution in [3.05, 3.63) is 65.3 Å². The summed E-state index contributed by atoms with van der Waals surface area (Å²) in [7, 11) is 0. The molecule has 0 bridgehead atoms. The third-order valence-corrected chi connectivity index (χ3v) is 7.71. The Balaban J connectivity index is 1.23. The van der Waals surface area contributed by atoms with Crippen molar-refractivity contribution in [2.45, 2.75) is 64.0 Å². The van der Waals surface area contributed by atoms with Gasteiger partial charge in [0.25, 0.3) is 0 Å². The Morgan fingerprint density at radius 3 is 2.67 bits per heavy atom. The molecule has 1 aliphatic heterocycles. The highest BCUT2D eigenvalue weighted by atomic mass is 19.1. The first kappa shape index (κ1) is 27.4. The first-order valence-corrected chi connectivity index (χ1v) is 13.5. The fourth-order valence-corrected chi connectivity index (χ4v) is 5.57. The van der Waals surface area contributed by atoms with Gasteiger partial charge in [-0.15, -0.1) is 0 Å². The van der Waals surface area contributed by atoms with Gasteiger partial charge in [0.15, 0.2) is 11.6 Å². The molecule has 1 aliphatic carbocycles. The van der Waals surface area contributed by atoms with E-state index >= 15 is 0 Å². The Morgan fingerprint density at radius 2 is 2.00 bits per heavy atom. The average molecular weight is 547 g/mol. The molecule has 1 unspecified atom stereocenters. The molecule has 1 amide bonds. The topological polar surface area (TPSA) is 148 Å². The van der Waals surface area contributed by atoms with Gasteiger partial charge in [-0.05, 0) is 58.1 Å². The molecule has 1 atom stereocenters. The highest BCUT2D eigenvalue weighted by Crippen LogP contribution is 2.40. The lowest BCUT2D eigenvalue weighted by molar-refractivity contribution is -0.130. The quantitative estimate of drug-likeness (QED) is 0.261. The van der Waals surface area contributed by atoms with Crippen LogP contribution in [-0.2, 0) is 4.79 Å². The Morgan fingerprint density at radius 1 is 1.20 bits per heavy atom. The normalized spacial score (nSPS) is 22.6. The number of H-pyrrole nitrogens is 1. The number of aryl methyl sites for hydroxylation is 2. The highest BCUT2D eigenvalue weighted by Gasteiger charge is 2.43. The van der Waals surface area contributed by atoms with Crippen LogP contribution in [0.2, 0.25) is 0 Å². The largest absolute Gasteiger partial charge is 0.348 e. The van der Waals surface area contributed by atoms with E-state index in [2.05, 4.69) is 43.0 Å². The Kier molecular flexibility index (Phi) is 7.88. The summed E-state index contributed by atoms with van der Waals surface area (Å²) in [5.41, 5.74) is 2.55. The standard InChI is InChI=1S/C28H35FN10O/c1-17-10-24(34-25-11-18(2)37-38-25)35-27(33-17)20-6-8-28(9-7-20)16-39(15-26(40)36-28)19(3)21-4-5-23(31-13-21)32-14-22(29)12-30/h4-5,10-14,19-20,30H,6-9,15-16H2,1-3H3,(H,31,32)(H,36,40)(H2,33,34,35,37,38)/b22-14+,30-12?. The SMILES string of the molecule is Cc1cc(Nc2cc(C)[nH]n2)nc(C2CCC3(CC2)CN(C(C)c2ccc(N/C=C(/F)C=N)nc2)CC(=O)N3)n1. The summed E-state index contributed by atoms with van der Waals surface area (Å²) in [6, 6.07) is 7.52.